The van der Waals surface area contributed by atoms with Gasteiger partial charge in [0.15, 0.2) is 0 Å². The highest BCUT2D eigenvalue weighted by molar-refractivity contribution is 7.17. The lowest BCUT2D eigenvalue weighted by molar-refractivity contribution is 0.297. The van der Waals surface area contributed by atoms with Crippen molar-refractivity contribution in [3.05, 3.63) is 76.9 Å². The summed E-state index contributed by atoms with van der Waals surface area (Å²) in [6.45, 7) is 9.25. The second-order valence-corrected chi connectivity index (χ2v) is 8.97. The van der Waals surface area contributed by atoms with E-state index in [9.17, 15) is 0 Å². The van der Waals surface area contributed by atoms with Crippen LogP contribution in [-0.4, -0.2) is 9.97 Å². The molecule has 2 aromatic carbocycles. The average molecular weight is 389 g/mol. The Balaban J connectivity index is 1.62. The third-order valence-electron chi connectivity index (χ3n) is 4.89. The van der Waals surface area contributed by atoms with Gasteiger partial charge in [0, 0.05) is 10.9 Å². The van der Waals surface area contributed by atoms with Gasteiger partial charge in [0.2, 0.25) is 5.88 Å². The summed E-state index contributed by atoms with van der Waals surface area (Å²) in [5, 5.41) is 3.12. The summed E-state index contributed by atoms with van der Waals surface area (Å²) in [4.78, 5) is 9.80. The molecule has 3 nitrogen and oxygen atoms in total. The zero-order chi connectivity index (χ0) is 19.7. The van der Waals surface area contributed by atoms with E-state index in [1.54, 1.807) is 17.7 Å². The molecule has 4 aromatic rings. The van der Waals surface area contributed by atoms with Gasteiger partial charge in [-0.2, -0.15) is 0 Å². The van der Waals surface area contributed by atoms with Crippen molar-refractivity contribution in [1.82, 2.24) is 9.97 Å². The predicted molar refractivity (Wildman–Crippen MR) is 117 cm³/mol. The molecule has 0 atom stereocenters. The molecule has 0 aliphatic carbocycles. The first-order valence-electron chi connectivity index (χ1n) is 9.43. The van der Waals surface area contributed by atoms with Crippen molar-refractivity contribution < 1.29 is 4.74 Å². The molecule has 0 saturated carbocycles. The number of nitrogens with zero attached hydrogens (tertiary/aromatic N) is 2. The van der Waals surface area contributed by atoms with Crippen LogP contribution in [0.2, 0.25) is 0 Å². The lowest BCUT2D eigenvalue weighted by Crippen LogP contribution is -2.10. The van der Waals surface area contributed by atoms with Crippen molar-refractivity contribution in [2.24, 2.45) is 0 Å². The van der Waals surface area contributed by atoms with Gasteiger partial charge >= 0.3 is 0 Å². The molecule has 142 valence electrons. The van der Waals surface area contributed by atoms with Crippen LogP contribution in [0.25, 0.3) is 21.3 Å². The monoisotopic (exact) mass is 388 g/mol. The van der Waals surface area contributed by atoms with Gasteiger partial charge in [0.25, 0.3) is 0 Å². The molecule has 0 aliphatic rings. The van der Waals surface area contributed by atoms with Crippen LogP contribution in [0.5, 0.6) is 5.88 Å². The van der Waals surface area contributed by atoms with Gasteiger partial charge in [0.05, 0.1) is 5.39 Å². The summed E-state index contributed by atoms with van der Waals surface area (Å²) in [5.41, 5.74) is 6.13. The van der Waals surface area contributed by atoms with Gasteiger partial charge in [-0.05, 0) is 29.0 Å². The van der Waals surface area contributed by atoms with E-state index in [2.05, 4.69) is 91.6 Å². The molecule has 0 spiro atoms. The molecule has 4 heteroatoms. The molecule has 4 rings (SSSR count). The van der Waals surface area contributed by atoms with Crippen LogP contribution < -0.4 is 4.74 Å². The molecular weight excluding hydrogens is 364 g/mol. The van der Waals surface area contributed by atoms with Crippen molar-refractivity contribution in [3.8, 4) is 17.0 Å². The predicted octanol–water partition coefficient (Wildman–Crippen LogP) is 6.54. The van der Waals surface area contributed by atoms with Crippen LogP contribution in [0.15, 0.2) is 60.2 Å². The van der Waals surface area contributed by atoms with Crippen LogP contribution in [0.3, 0.4) is 0 Å². The number of ether oxygens (including phenoxy) is 1. The van der Waals surface area contributed by atoms with Gasteiger partial charge in [-0.1, -0.05) is 74.9 Å². The van der Waals surface area contributed by atoms with Crippen LogP contribution in [-0.2, 0) is 12.0 Å². The Kier molecular flexibility index (Phi) is 4.90. The van der Waals surface area contributed by atoms with Gasteiger partial charge in [0.1, 0.15) is 17.8 Å². The fourth-order valence-corrected chi connectivity index (χ4v) is 4.06. The highest BCUT2D eigenvalue weighted by Crippen LogP contribution is 2.37. The summed E-state index contributed by atoms with van der Waals surface area (Å²) in [6, 6.07) is 17.1. The second-order valence-electron chi connectivity index (χ2n) is 8.11. The Bertz CT molecular complexity index is 1090. The molecule has 0 amide bonds. The number of rotatable bonds is 4. The lowest BCUT2D eigenvalue weighted by Gasteiger charge is -2.19. The average Bonchev–Trinajstić information content (AvgIpc) is 3.11. The highest BCUT2D eigenvalue weighted by Gasteiger charge is 2.15. The van der Waals surface area contributed by atoms with Crippen molar-refractivity contribution in [2.75, 3.05) is 0 Å². The molecule has 0 bridgehead atoms. The number of benzene rings is 2. The number of thiophene rings is 1. The van der Waals surface area contributed by atoms with Crippen molar-refractivity contribution in [2.45, 2.75) is 39.7 Å². The first-order valence-corrected chi connectivity index (χ1v) is 10.3. The van der Waals surface area contributed by atoms with Crippen molar-refractivity contribution in [3.63, 3.8) is 0 Å². The van der Waals surface area contributed by atoms with E-state index in [1.165, 1.54) is 11.1 Å². The molecule has 0 fully saturated rings. The lowest BCUT2D eigenvalue weighted by atomic mass is 9.87. The number of hydrogen-bond acceptors (Lipinski definition) is 4. The van der Waals surface area contributed by atoms with E-state index >= 15 is 0 Å². The van der Waals surface area contributed by atoms with E-state index in [4.69, 9.17) is 4.74 Å². The molecular formula is C24H24N2OS. The minimum absolute atomic E-state index is 0.151. The first-order chi connectivity index (χ1) is 13.4. The van der Waals surface area contributed by atoms with E-state index in [1.807, 2.05) is 0 Å². The first kappa shape index (κ1) is 18.6. The van der Waals surface area contributed by atoms with E-state index in [0.717, 1.165) is 26.9 Å². The Morgan fingerprint density at radius 1 is 0.929 bits per heavy atom. The summed E-state index contributed by atoms with van der Waals surface area (Å²) < 4.78 is 6.13. The molecule has 0 saturated heterocycles. The standard InChI is InChI=1S/C24H24N2OS/c1-16-5-9-18(10-6-16)20-14-28-23-21(20)22(25-15-26-23)27-13-17-7-11-19(12-8-17)24(2,3)4/h5-12,14-15H,13H2,1-4H3. The van der Waals surface area contributed by atoms with E-state index < -0.39 is 0 Å². The maximum absolute atomic E-state index is 6.13. The van der Waals surface area contributed by atoms with Crippen LogP contribution in [0.1, 0.15) is 37.5 Å². The fraction of sp³-hybridized carbons (Fsp3) is 0.250. The van der Waals surface area contributed by atoms with Crippen molar-refractivity contribution in [1.29, 1.82) is 0 Å². The van der Waals surface area contributed by atoms with Gasteiger partial charge in [-0.3, -0.25) is 0 Å². The molecule has 0 aliphatic heterocycles. The quantitative estimate of drug-likeness (QED) is 0.398. The third kappa shape index (κ3) is 3.78. The second kappa shape index (κ2) is 7.36. The topological polar surface area (TPSA) is 35.0 Å². The molecule has 28 heavy (non-hydrogen) atoms. The van der Waals surface area contributed by atoms with Crippen molar-refractivity contribution >= 4 is 21.6 Å². The Morgan fingerprint density at radius 3 is 2.32 bits per heavy atom. The fourth-order valence-electron chi connectivity index (χ4n) is 3.16. The van der Waals surface area contributed by atoms with E-state index in [-0.39, 0.29) is 5.41 Å². The van der Waals surface area contributed by atoms with Crippen LogP contribution in [0.4, 0.5) is 0 Å². The minimum atomic E-state index is 0.151. The molecule has 0 radical (unpaired) electrons. The van der Waals surface area contributed by atoms with Crippen LogP contribution >= 0.6 is 11.3 Å². The maximum Gasteiger partial charge on any atom is 0.226 e. The Morgan fingerprint density at radius 2 is 1.64 bits per heavy atom. The zero-order valence-electron chi connectivity index (χ0n) is 16.7. The zero-order valence-corrected chi connectivity index (χ0v) is 17.5. The highest BCUT2D eigenvalue weighted by atomic mass is 32.1. The molecule has 2 heterocycles. The SMILES string of the molecule is Cc1ccc(-c2csc3ncnc(OCc4ccc(C(C)(C)C)cc4)c23)cc1. The number of aryl methyl sites for hydroxylation is 1. The van der Waals surface area contributed by atoms with Gasteiger partial charge < -0.3 is 4.74 Å². The molecule has 0 unspecified atom stereocenters. The number of aromatic nitrogens is 2. The Labute approximate surface area is 170 Å². The number of hydrogen-bond donors (Lipinski definition) is 0. The maximum atomic E-state index is 6.13. The van der Waals surface area contributed by atoms with Crippen LogP contribution in [0, 0.1) is 6.92 Å². The third-order valence-corrected chi connectivity index (χ3v) is 5.78. The minimum Gasteiger partial charge on any atom is -0.472 e. The summed E-state index contributed by atoms with van der Waals surface area (Å²) in [7, 11) is 0. The Hall–Kier alpha value is -2.72. The number of fused-ring (bicyclic) bond motifs is 1. The smallest absolute Gasteiger partial charge is 0.226 e. The molecule has 2 aromatic heterocycles. The largest absolute Gasteiger partial charge is 0.472 e. The summed E-state index contributed by atoms with van der Waals surface area (Å²) >= 11 is 1.62. The summed E-state index contributed by atoms with van der Waals surface area (Å²) in [5.74, 6) is 0.640. The van der Waals surface area contributed by atoms with E-state index in [0.29, 0.717) is 12.5 Å². The normalized spacial score (nSPS) is 11.7. The van der Waals surface area contributed by atoms with Gasteiger partial charge in [-0.25, -0.2) is 9.97 Å². The van der Waals surface area contributed by atoms with Gasteiger partial charge in [-0.15, -0.1) is 11.3 Å². The summed E-state index contributed by atoms with van der Waals surface area (Å²) in [6.07, 6.45) is 1.58. The molecule has 0 N–H and O–H groups in total.